The molecule has 0 spiro atoms. The highest BCUT2D eigenvalue weighted by molar-refractivity contribution is 4.94. The predicted molar refractivity (Wildman–Crippen MR) is 76.3 cm³/mol. The van der Waals surface area contributed by atoms with Crippen molar-refractivity contribution in [3.05, 3.63) is 17.7 Å². The highest BCUT2D eigenvalue weighted by atomic mass is 15.6. The molecule has 0 aromatic carbocycles. The summed E-state index contributed by atoms with van der Waals surface area (Å²) in [6.07, 6.45) is 6.88. The Morgan fingerprint density at radius 1 is 1.29 bits per heavy atom. The molecule has 0 radical (unpaired) electrons. The monoisotopic (exact) mass is 290 g/mol. The average Bonchev–Trinajstić information content (AvgIpc) is 3.03. The minimum Gasteiger partial charge on any atom is -0.311 e. The topological polar surface area (TPSA) is 86.3 Å². The fourth-order valence-corrected chi connectivity index (χ4v) is 2.19. The van der Waals surface area contributed by atoms with Crippen molar-refractivity contribution in [1.82, 2.24) is 40.5 Å². The van der Waals surface area contributed by atoms with Crippen LogP contribution in [0.15, 0.2) is 6.20 Å². The van der Waals surface area contributed by atoms with Crippen LogP contribution >= 0.6 is 0 Å². The summed E-state index contributed by atoms with van der Waals surface area (Å²) in [6, 6.07) is 0. The van der Waals surface area contributed by atoms with E-state index in [9.17, 15) is 0 Å². The summed E-state index contributed by atoms with van der Waals surface area (Å²) in [5, 5.41) is 23.6. The smallest absolute Gasteiger partial charge is 0.172 e. The molecule has 0 bridgehead atoms. The molecule has 0 amide bonds. The number of tetrazole rings is 1. The van der Waals surface area contributed by atoms with Gasteiger partial charge in [0.2, 0.25) is 0 Å². The molecule has 2 heterocycles. The van der Waals surface area contributed by atoms with E-state index in [1.54, 1.807) is 4.68 Å². The molecular weight excluding hydrogens is 268 g/mol. The lowest BCUT2D eigenvalue weighted by Gasteiger charge is -2.03. The molecule has 3 rings (SSSR count). The van der Waals surface area contributed by atoms with Crippen LogP contribution in [-0.2, 0) is 19.6 Å². The third-order valence-electron chi connectivity index (χ3n) is 3.66. The molecule has 1 saturated carbocycles. The van der Waals surface area contributed by atoms with Crippen molar-refractivity contribution in [3.63, 3.8) is 0 Å². The van der Waals surface area contributed by atoms with Gasteiger partial charge in [0.25, 0.3) is 0 Å². The molecule has 2 aromatic rings. The Balaban J connectivity index is 1.52. The average molecular weight is 290 g/mol. The van der Waals surface area contributed by atoms with E-state index >= 15 is 0 Å². The number of nitrogens with one attached hydrogen (secondary N) is 1. The van der Waals surface area contributed by atoms with E-state index in [2.05, 4.69) is 38.1 Å². The van der Waals surface area contributed by atoms with Gasteiger partial charge in [-0.2, -0.15) is 0 Å². The molecule has 2 aromatic heterocycles. The molecule has 0 atom stereocenters. The highest BCUT2D eigenvalue weighted by Gasteiger charge is 2.20. The van der Waals surface area contributed by atoms with E-state index in [1.807, 2.05) is 10.9 Å². The molecule has 0 aliphatic heterocycles. The van der Waals surface area contributed by atoms with Crippen LogP contribution in [0.25, 0.3) is 0 Å². The van der Waals surface area contributed by atoms with E-state index in [1.165, 1.54) is 12.8 Å². The molecule has 0 unspecified atom stereocenters. The van der Waals surface area contributed by atoms with Crippen LogP contribution in [0.4, 0.5) is 0 Å². The van der Waals surface area contributed by atoms with Crippen LogP contribution in [-0.4, -0.2) is 41.7 Å². The van der Waals surface area contributed by atoms with Crippen molar-refractivity contribution in [3.8, 4) is 0 Å². The first kappa shape index (κ1) is 14.1. The van der Waals surface area contributed by atoms with Gasteiger partial charge in [-0.15, -0.1) is 10.2 Å². The maximum absolute atomic E-state index is 4.18. The molecule has 1 aliphatic carbocycles. The zero-order valence-electron chi connectivity index (χ0n) is 12.4. The third kappa shape index (κ3) is 4.07. The first-order valence-corrected chi connectivity index (χ1v) is 7.70. The number of unbranched alkanes of at least 4 members (excludes halogenated alkanes) is 1. The Labute approximate surface area is 123 Å². The number of hydrogen-bond donors (Lipinski definition) is 1. The van der Waals surface area contributed by atoms with Gasteiger partial charge >= 0.3 is 0 Å². The van der Waals surface area contributed by atoms with Gasteiger partial charge in [-0.3, -0.25) is 0 Å². The molecular formula is C13H22N8. The molecule has 0 saturated heterocycles. The van der Waals surface area contributed by atoms with Crippen molar-refractivity contribution < 1.29 is 0 Å². The zero-order chi connectivity index (χ0) is 14.5. The molecule has 114 valence electrons. The largest absolute Gasteiger partial charge is 0.311 e. The third-order valence-corrected chi connectivity index (χ3v) is 3.66. The molecule has 8 nitrogen and oxygen atoms in total. The van der Waals surface area contributed by atoms with E-state index in [4.69, 9.17) is 0 Å². The summed E-state index contributed by atoms with van der Waals surface area (Å²) in [7, 11) is 0. The fourth-order valence-electron chi connectivity index (χ4n) is 2.19. The van der Waals surface area contributed by atoms with Crippen molar-refractivity contribution in [1.29, 1.82) is 0 Å². The second-order valence-electron chi connectivity index (χ2n) is 5.65. The highest BCUT2D eigenvalue weighted by Crippen LogP contribution is 2.27. The van der Waals surface area contributed by atoms with Gasteiger partial charge in [-0.1, -0.05) is 18.6 Å². The lowest BCUT2D eigenvalue weighted by Crippen LogP contribution is -2.16. The Morgan fingerprint density at radius 3 is 3.00 bits per heavy atom. The zero-order valence-corrected chi connectivity index (χ0v) is 12.4. The van der Waals surface area contributed by atoms with Crippen LogP contribution in [0.1, 0.15) is 44.1 Å². The molecule has 8 heteroatoms. The van der Waals surface area contributed by atoms with Crippen LogP contribution < -0.4 is 5.32 Å². The summed E-state index contributed by atoms with van der Waals surface area (Å²) in [4.78, 5) is 0. The number of rotatable bonds is 9. The van der Waals surface area contributed by atoms with Gasteiger partial charge in [0, 0.05) is 13.1 Å². The maximum atomic E-state index is 4.18. The maximum Gasteiger partial charge on any atom is 0.172 e. The van der Waals surface area contributed by atoms with Gasteiger partial charge in [-0.25, -0.2) is 9.36 Å². The quantitative estimate of drug-likeness (QED) is 0.728. The first-order valence-electron chi connectivity index (χ1n) is 7.70. The van der Waals surface area contributed by atoms with Gasteiger partial charge in [0.15, 0.2) is 5.82 Å². The van der Waals surface area contributed by atoms with Crippen LogP contribution in [0, 0.1) is 5.92 Å². The second-order valence-corrected chi connectivity index (χ2v) is 5.65. The molecule has 1 N–H and O–H groups in total. The minimum atomic E-state index is 0.562. The number of aromatic nitrogens is 7. The lowest BCUT2D eigenvalue weighted by atomic mass is 10.3. The Morgan fingerprint density at radius 2 is 2.19 bits per heavy atom. The fraction of sp³-hybridized carbons (Fsp3) is 0.769. The second kappa shape index (κ2) is 6.75. The van der Waals surface area contributed by atoms with Gasteiger partial charge in [0.1, 0.15) is 6.54 Å². The van der Waals surface area contributed by atoms with Gasteiger partial charge < -0.3 is 5.32 Å². The van der Waals surface area contributed by atoms with Crippen LogP contribution in [0.2, 0.25) is 0 Å². The van der Waals surface area contributed by atoms with Gasteiger partial charge in [0.05, 0.1) is 11.9 Å². The predicted octanol–water partition coefficient (Wildman–Crippen LogP) is 0.613. The standard InChI is InChI=1S/C13H22N8/c1-2-3-6-21-13(16-17-19-21)10-20-9-12(15-18-20)8-14-7-11-4-5-11/h9,11,14H,2-8,10H2,1H3. The van der Waals surface area contributed by atoms with E-state index in [0.717, 1.165) is 49.9 Å². The normalized spacial score (nSPS) is 14.7. The van der Waals surface area contributed by atoms with Crippen molar-refractivity contribution in [2.75, 3.05) is 6.54 Å². The lowest BCUT2D eigenvalue weighted by molar-refractivity contribution is 0.511. The number of nitrogens with zero attached hydrogens (tertiary/aromatic N) is 7. The molecule has 1 fully saturated rings. The SMILES string of the molecule is CCCCn1nnnc1Cn1cc(CNCC2CC2)nn1. The Hall–Kier alpha value is -1.83. The minimum absolute atomic E-state index is 0.562. The summed E-state index contributed by atoms with van der Waals surface area (Å²) < 4.78 is 3.64. The van der Waals surface area contributed by atoms with E-state index < -0.39 is 0 Å². The summed E-state index contributed by atoms with van der Waals surface area (Å²) >= 11 is 0. The Bertz CT molecular complexity index is 556. The Kier molecular flexibility index (Phi) is 4.54. The summed E-state index contributed by atoms with van der Waals surface area (Å²) in [5.41, 5.74) is 0.961. The molecule has 21 heavy (non-hydrogen) atoms. The summed E-state index contributed by atoms with van der Waals surface area (Å²) in [5.74, 6) is 1.70. The van der Waals surface area contributed by atoms with E-state index in [-0.39, 0.29) is 0 Å². The summed E-state index contributed by atoms with van der Waals surface area (Å²) in [6.45, 7) is 5.43. The first-order chi connectivity index (χ1) is 10.3. The van der Waals surface area contributed by atoms with Gasteiger partial charge in [-0.05, 0) is 42.2 Å². The number of aryl methyl sites for hydroxylation is 1. The number of hydrogen-bond acceptors (Lipinski definition) is 6. The van der Waals surface area contributed by atoms with Crippen molar-refractivity contribution in [2.45, 2.75) is 52.2 Å². The van der Waals surface area contributed by atoms with E-state index in [0.29, 0.717) is 6.54 Å². The molecule has 1 aliphatic rings. The van der Waals surface area contributed by atoms with Crippen molar-refractivity contribution in [2.24, 2.45) is 5.92 Å². The van der Waals surface area contributed by atoms with Crippen molar-refractivity contribution >= 4 is 0 Å². The van der Waals surface area contributed by atoms with Crippen LogP contribution in [0.5, 0.6) is 0 Å². The van der Waals surface area contributed by atoms with Crippen LogP contribution in [0.3, 0.4) is 0 Å².